The highest BCUT2D eigenvalue weighted by molar-refractivity contribution is 7.91. The third-order valence-corrected chi connectivity index (χ3v) is 6.99. The fourth-order valence-electron chi connectivity index (χ4n) is 3.87. The molecule has 23 heavy (non-hydrogen) atoms. The molecular weight excluding hydrogens is 314 g/mol. The minimum Gasteiger partial charge on any atom is -0.496 e. The second-order valence-electron chi connectivity index (χ2n) is 7.13. The largest absolute Gasteiger partial charge is 0.496 e. The van der Waals surface area contributed by atoms with Gasteiger partial charge >= 0.3 is 0 Å². The highest BCUT2D eigenvalue weighted by Crippen LogP contribution is 2.38. The predicted molar refractivity (Wildman–Crippen MR) is 88.2 cm³/mol. The fraction of sp³-hybridized carbons (Fsp3) is 0.588. The van der Waals surface area contributed by atoms with Gasteiger partial charge in [-0.1, -0.05) is 18.2 Å². The molecule has 3 rings (SSSR count). The molecule has 1 amide bonds. The Hall–Kier alpha value is -1.56. The van der Waals surface area contributed by atoms with Crippen molar-refractivity contribution in [2.75, 3.05) is 31.7 Å². The number of para-hydroxylation sites is 1. The molecule has 6 heteroatoms. The van der Waals surface area contributed by atoms with Crippen molar-refractivity contribution in [3.8, 4) is 5.75 Å². The standard InChI is InChI=1S/C17H23NO4S/c1-17(2,14-6-4-5-7-15(14)22-3)16(19)18-8-12-10-23(20,21)11-13(12)9-18/h4-7,12-13H,8-11H2,1-3H3/t12-,13+. The van der Waals surface area contributed by atoms with E-state index >= 15 is 0 Å². The topological polar surface area (TPSA) is 63.7 Å². The van der Waals surface area contributed by atoms with E-state index in [4.69, 9.17) is 4.74 Å². The normalized spacial score (nSPS) is 26.1. The number of carbonyl (C=O) groups is 1. The molecule has 2 aliphatic rings. The van der Waals surface area contributed by atoms with Crippen molar-refractivity contribution >= 4 is 15.7 Å². The summed E-state index contributed by atoms with van der Waals surface area (Å²) in [6.07, 6.45) is 0. The van der Waals surface area contributed by atoms with Gasteiger partial charge in [-0.25, -0.2) is 8.42 Å². The second kappa shape index (κ2) is 5.51. The van der Waals surface area contributed by atoms with Gasteiger partial charge in [-0.05, 0) is 31.7 Å². The minimum atomic E-state index is -2.91. The average Bonchev–Trinajstić information content (AvgIpc) is 2.99. The third-order valence-electron chi connectivity index (χ3n) is 5.11. The lowest BCUT2D eigenvalue weighted by Crippen LogP contribution is -2.43. The highest BCUT2D eigenvalue weighted by atomic mass is 32.2. The molecule has 2 heterocycles. The monoisotopic (exact) mass is 337 g/mol. The zero-order chi connectivity index (χ0) is 16.8. The predicted octanol–water partition coefficient (Wildman–Crippen LogP) is 1.48. The van der Waals surface area contributed by atoms with Crippen molar-refractivity contribution in [1.82, 2.24) is 4.90 Å². The van der Waals surface area contributed by atoms with Gasteiger partial charge in [0.15, 0.2) is 9.84 Å². The molecule has 1 aromatic carbocycles. The number of fused-ring (bicyclic) bond motifs is 1. The van der Waals surface area contributed by atoms with Crippen LogP contribution < -0.4 is 4.74 Å². The van der Waals surface area contributed by atoms with Crippen LogP contribution in [0.1, 0.15) is 19.4 Å². The van der Waals surface area contributed by atoms with Crippen molar-refractivity contribution in [1.29, 1.82) is 0 Å². The van der Waals surface area contributed by atoms with Crippen molar-refractivity contribution in [3.63, 3.8) is 0 Å². The summed E-state index contributed by atoms with van der Waals surface area (Å²) in [7, 11) is -1.31. The summed E-state index contributed by atoms with van der Waals surface area (Å²) in [4.78, 5) is 14.9. The lowest BCUT2D eigenvalue weighted by molar-refractivity contribution is -0.135. The first-order chi connectivity index (χ1) is 10.7. The number of methoxy groups -OCH3 is 1. The summed E-state index contributed by atoms with van der Waals surface area (Å²) in [6.45, 7) is 4.89. The lowest BCUT2D eigenvalue weighted by Gasteiger charge is -2.31. The van der Waals surface area contributed by atoms with Gasteiger partial charge in [0.2, 0.25) is 5.91 Å². The van der Waals surface area contributed by atoms with Gasteiger partial charge in [0.25, 0.3) is 0 Å². The van der Waals surface area contributed by atoms with Gasteiger partial charge in [-0.2, -0.15) is 0 Å². The van der Waals surface area contributed by atoms with E-state index in [1.807, 2.05) is 43.0 Å². The molecule has 1 aromatic rings. The van der Waals surface area contributed by atoms with Crippen molar-refractivity contribution in [2.45, 2.75) is 19.3 Å². The summed E-state index contributed by atoms with van der Waals surface area (Å²) in [5, 5.41) is 0. The Bertz CT molecular complexity index is 706. The van der Waals surface area contributed by atoms with Crippen LogP contribution in [0.5, 0.6) is 5.75 Å². The molecule has 2 aliphatic heterocycles. The van der Waals surface area contributed by atoms with E-state index in [0.717, 1.165) is 5.56 Å². The number of rotatable bonds is 3. The van der Waals surface area contributed by atoms with Crippen LogP contribution >= 0.6 is 0 Å². The van der Waals surface area contributed by atoms with Crippen LogP contribution in [-0.2, 0) is 20.0 Å². The highest BCUT2D eigenvalue weighted by Gasteiger charge is 2.47. The summed E-state index contributed by atoms with van der Waals surface area (Å²) < 4.78 is 28.8. The summed E-state index contributed by atoms with van der Waals surface area (Å²) >= 11 is 0. The number of nitrogens with zero attached hydrogens (tertiary/aromatic N) is 1. The van der Waals surface area contributed by atoms with Gasteiger partial charge in [-0.3, -0.25) is 4.79 Å². The Morgan fingerprint density at radius 2 is 1.74 bits per heavy atom. The van der Waals surface area contributed by atoms with Crippen LogP contribution in [0.4, 0.5) is 0 Å². The molecule has 2 atom stereocenters. The van der Waals surface area contributed by atoms with Gasteiger partial charge < -0.3 is 9.64 Å². The quantitative estimate of drug-likeness (QED) is 0.838. The first-order valence-corrected chi connectivity index (χ1v) is 9.70. The summed E-state index contributed by atoms with van der Waals surface area (Å²) in [5.41, 5.74) is 0.154. The van der Waals surface area contributed by atoms with Gasteiger partial charge in [0.1, 0.15) is 5.75 Å². The number of hydrogen-bond acceptors (Lipinski definition) is 4. The van der Waals surface area contributed by atoms with Crippen LogP contribution in [0.15, 0.2) is 24.3 Å². The van der Waals surface area contributed by atoms with Crippen LogP contribution in [0.2, 0.25) is 0 Å². The van der Waals surface area contributed by atoms with E-state index in [2.05, 4.69) is 0 Å². The molecule has 0 spiro atoms. The molecule has 5 nitrogen and oxygen atoms in total. The number of likely N-dealkylation sites (tertiary alicyclic amines) is 1. The van der Waals surface area contributed by atoms with Crippen LogP contribution in [0, 0.1) is 11.8 Å². The van der Waals surface area contributed by atoms with Crippen molar-refractivity contribution < 1.29 is 17.9 Å². The Kier molecular flexibility index (Phi) is 3.91. The fourth-order valence-corrected chi connectivity index (χ4v) is 6.07. The van der Waals surface area contributed by atoms with E-state index < -0.39 is 15.3 Å². The number of amides is 1. The number of sulfone groups is 1. The SMILES string of the molecule is COc1ccccc1C(C)(C)C(=O)N1C[C@@H]2CS(=O)(=O)C[C@@H]2C1. The maximum absolute atomic E-state index is 13.0. The van der Waals surface area contributed by atoms with E-state index in [9.17, 15) is 13.2 Å². The van der Waals surface area contributed by atoms with Crippen LogP contribution in [0.25, 0.3) is 0 Å². The minimum absolute atomic E-state index is 0.0359. The first-order valence-electron chi connectivity index (χ1n) is 7.88. The third kappa shape index (κ3) is 2.84. The molecule has 0 radical (unpaired) electrons. The summed E-state index contributed by atoms with van der Waals surface area (Å²) in [5.74, 6) is 1.36. The number of benzene rings is 1. The number of hydrogen-bond donors (Lipinski definition) is 0. The Balaban J connectivity index is 1.81. The average molecular weight is 337 g/mol. The Morgan fingerprint density at radius 1 is 1.17 bits per heavy atom. The second-order valence-corrected chi connectivity index (χ2v) is 9.29. The first kappa shape index (κ1) is 16.3. The zero-order valence-corrected chi connectivity index (χ0v) is 14.6. The van der Waals surface area contributed by atoms with E-state index in [0.29, 0.717) is 18.8 Å². The number of ether oxygens (including phenoxy) is 1. The molecule has 0 saturated carbocycles. The molecule has 2 saturated heterocycles. The molecule has 126 valence electrons. The smallest absolute Gasteiger partial charge is 0.232 e. The molecule has 0 N–H and O–H groups in total. The van der Waals surface area contributed by atoms with Gasteiger partial charge in [0.05, 0.1) is 24.0 Å². The van der Waals surface area contributed by atoms with E-state index in [-0.39, 0.29) is 29.2 Å². The van der Waals surface area contributed by atoms with Crippen molar-refractivity contribution in [3.05, 3.63) is 29.8 Å². The summed E-state index contributed by atoms with van der Waals surface area (Å²) in [6, 6.07) is 7.56. The van der Waals surface area contributed by atoms with Crippen LogP contribution in [-0.4, -0.2) is 50.9 Å². The molecule has 0 bridgehead atoms. The van der Waals surface area contributed by atoms with E-state index in [1.165, 1.54) is 0 Å². The van der Waals surface area contributed by atoms with Crippen molar-refractivity contribution in [2.24, 2.45) is 11.8 Å². The zero-order valence-electron chi connectivity index (χ0n) is 13.8. The maximum Gasteiger partial charge on any atom is 0.232 e. The molecule has 0 unspecified atom stereocenters. The van der Waals surface area contributed by atoms with E-state index in [1.54, 1.807) is 7.11 Å². The van der Waals surface area contributed by atoms with Crippen LogP contribution in [0.3, 0.4) is 0 Å². The molecule has 2 fully saturated rings. The van der Waals surface area contributed by atoms with Gasteiger partial charge in [-0.15, -0.1) is 0 Å². The van der Waals surface area contributed by atoms with Gasteiger partial charge in [0, 0.05) is 18.7 Å². The molecule has 0 aliphatic carbocycles. The number of carbonyl (C=O) groups excluding carboxylic acids is 1. The maximum atomic E-state index is 13.0. The molecule has 0 aromatic heterocycles. The molecular formula is C17H23NO4S. The Morgan fingerprint density at radius 3 is 2.30 bits per heavy atom. The lowest BCUT2D eigenvalue weighted by atomic mass is 9.82. The Labute approximate surface area is 137 Å².